The molecule has 1 aliphatic heterocycles. The maximum Gasteiger partial charge on any atom is 0.429 e. The zero-order chi connectivity index (χ0) is 15.7. The van der Waals surface area contributed by atoms with Gasteiger partial charge in [-0.05, 0) is 47.1 Å². The third kappa shape index (κ3) is 4.75. The van der Waals surface area contributed by atoms with Gasteiger partial charge in [0, 0.05) is 0 Å². The predicted octanol–water partition coefficient (Wildman–Crippen LogP) is 2.95. The molecule has 2 amide bonds. The van der Waals surface area contributed by atoms with Gasteiger partial charge in [-0.1, -0.05) is 6.58 Å². The maximum absolute atomic E-state index is 12.1. The molecule has 6 nitrogen and oxygen atoms in total. The molecule has 1 fully saturated rings. The molecule has 1 heterocycles. The normalized spacial score (nSPS) is 16.4. The number of carbonyl (C=O) groups is 2. The molecule has 0 unspecified atom stereocenters. The summed E-state index contributed by atoms with van der Waals surface area (Å²) in [5.74, 6) is 0. The SMILES string of the molecule is C=C1CN(C(=O)OC(C)(C)C)N(C(=O)OC(C)(C)C)C1. The summed E-state index contributed by atoms with van der Waals surface area (Å²) in [7, 11) is 0. The first-order valence-corrected chi connectivity index (χ1v) is 6.57. The average molecular weight is 284 g/mol. The van der Waals surface area contributed by atoms with Crippen LogP contribution < -0.4 is 0 Å². The number of nitrogens with zero attached hydrogens (tertiary/aromatic N) is 2. The second-order valence-corrected chi connectivity index (χ2v) is 6.83. The second kappa shape index (κ2) is 5.34. The molecule has 0 aromatic rings. The van der Waals surface area contributed by atoms with Crippen LogP contribution in [-0.4, -0.2) is 46.5 Å². The van der Waals surface area contributed by atoms with Gasteiger partial charge >= 0.3 is 12.2 Å². The van der Waals surface area contributed by atoms with Crippen LogP contribution in [0.25, 0.3) is 0 Å². The molecule has 0 aromatic heterocycles. The van der Waals surface area contributed by atoms with Crippen molar-refractivity contribution >= 4 is 12.2 Å². The Labute approximate surface area is 120 Å². The van der Waals surface area contributed by atoms with Gasteiger partial charge in [-0.2, -0.15) is 0 Å². The molecule has 0 bridgehead atoms. The van der Waals surface area contributed by atoms with E-state index in [-0.39, 0.29) is 13.1 Å². The first-order chi connectivity index (χ1) is 8.89. The molecule has 1 rings (SSSR count). The number of hydrazine groups is 1. The Kier molecular flexibility index (Phi) is 4.36. The van der Waals surface area contributed by atoms with Gasteiger partial charge in [0.2, 0.25) is 0 Å². The smallest absolute Gasteiger partial charge is 0.429 e. The molecule has 1 saturated heterocycles. The Hall–Kier alpha value is -1.72. The summed E-state index contributed by atoms with van der Waals surface area (Å²) in [5, 5.41) is 2.45. The third-order valence-electron chi connectivity index (χ3n) is 2.25. The number of carbonyl (C=O) groups excluding carboxylic acids is 2. The Balaban J connectivity index is 2.81. The van der Waals surface area contributed by atoms with Crippen molar-refractivity contribution in [3.05, 3.63) is 12.2 Å². The van der Waals surface area contributed by atoms with Crippen LogP contribution in [0, 0.1) is 0 Å². The fourth-order valence-electron chi connectivity index (χ4n) is 1.60. The molecule has 0 atom stereocenters. The van der Waals surface area contributed by atoms with E-state index in [4.69, 9.17) is 9.47 Å². The van der Waals surface area contributed by atoms with Crippen LogP contribution in [0.4, 0.5) is 9.59 Å². The monoisotopic (exact) mass is 284 g/mol. The number of amides is 2. The highest BCUT2D eigenvalue weighted by molar-refractivity contribution is 5.76. The number of ether oxygens (including phenoxy) is 2. The van der Waals surface area contributed by atoms with Gasteiger partial charge in [-0.15, -0.1) is 0 Å². The van der Waals surface area contributed by atoms with Crippen molar-refractivity contribution in [2.45, 2.75) is 52.7 Å². The fourth-order valence-corrected chi connectivity index (χ4v) is 1.60. The minimum absolute atomic E-state index is 0.258. The molecule has 0 aliphatic carbocycles. The molecule has 0 N–H and O–H groups in total. The van der Waals surface area contributed by atoms with E-state index < -0.39 is 23.4 Å². The van der Waals surface area contributed by atoms with Crippen molar-refractivity contribution in [1.82, 2.24) is 10.0 Å². The Bertz CT molecular complexity index is 380. The van der Waals surface area contributed by atoms with E-state index in [1.807, 2.05) is 0 Å². The molecular formula is C14H24N2O4. The summed E-state index contributed by atoms with van der Waals surface area (Å²) < 4.78 is 10.6. The van der Waals surface area contributed by atoms with Gasteiger partial charge in [0.05, 0.1) is 13.1 Å². The largest absolute Gasteiger partial charge is 0.442 e. The lowest BCUT2D eigenvalue weighted by Crippen LogP contribution is -2.48. The third-order valence-corrected chi connectivity index (χ3v) is 2.25. The first-order valence-electron chi connectivity index (χ1n) is 6.57. The van der Waals surface area contributed by atoms with Crippen LogP contribution in [0.2, 0.25) is 0 Å². The van der Waals surface area contributed by atoms with Crippen LogP contribution in [0.3, 0.4) is 0 Å². The van der Waals surface area contributed by atoms with E-state index in [1.54, 1.807) is 41.5 Å². The van der Waals surface area contributed by atoms with Crippen LogP contribution in [-0.2, 0) is 9.47 Å². The Morgan fingerprint density at radius 3 is 1.45 bits per heavy atom. The highest BCUT2D eigenvalue weighted by Crippen LogP contribution is 2.21. The van der Waals surface area contributed by atoms with Crippen LogP contribution in [0.1, 0.15) is 41.5 Å². The minimum Gasteiger partial charge on any atom is -0.442 e. The zero-order valence-electron chi connectivity index (χ0n) is 13.1. The molecule has 114 valence electrons. The van der Waals surface area contributed by atoms with Gasteiger partial charge in [0.15, 0.2) is 0 Å². The van der Waals surface area contributed by atoms with E-state index in [0.29, 0.717) is 0 Å². The Morgan fingerprint density at radius 2 is 1.20 bits per heavy atom. The topological polar surface area (TPSA) is 59.1 Å². The summed E-state index contributed by atoms with van der Waals surface area (Å²) in [6.07, 6.45) is -1.16. The lowest BCUT2D eigenvalue weighted by molar-refractivity contribution is -0.0428. The van der Waals surface area contributed by atoms with Gasteiger partial charge in [-0.3, -0.25) is 0 Å². The quantitative estimate of drug-likeness (QED) is 0.642. The lowest BCUT2D eigenvalue weighted by atomic mass is 10.2. The summed E-state index contributed by atoms with van der Waals surface area (Å²) >= 11 is 0. The molecule has 6 heteroatoms. The molecule has 0 radical (unpaired) electrons. The highest BCUT2D eigenvalue weighted by Gasteiger charge is 2.37. The predicted molar refractivity (Wildman–Crippen MR) is 75.0 cm³/mol. The second-order valence-electron chi connectivity index (χ2n) is 6.83. The van der Waals surface area contributed by atoms with E-state index in [9.17, 15) is 9.59 Å². The molecule has 20 heavy (non-hydrogen) atoms. The maximum atomic E-state index is 12.1. The summed E-state index contributed by atoms with van der Waals surface area (Å²) in [4.78, 5) is 24.2. The number of hydrogen-bond donors (Lipinski definition) is 0. The first kappa shape index (κ1) is 16.3. The van der Waals surface area contributed by atoms with Gasteiger partial charge in [-0.25, -0.2) is 19.6 Å². The molecular weight excluding hydrogens is 260 g/mol. The molecule has 0 aromatic carbocycles. The van der Waals surface area contributed by atoms with Crippen molar-refractivity contribution in [2.75, 3.05) is 13.1 Å². The van der Waals surface area contributed by atoms with E-state index in [0.717, 1.165) is 5.57 Å². The van der Waals surface area contributed by atoms with Crippen molar-refractivity contribution in [3.63, 3.8) is 0 Å². The van der Waals surface area contributed by atoms with Gasteiger partial charge in [0.1, 0.15) is 11.2 Å². The number of rotatable bonds is 0. The highest BCUT2D eigenvalue weighted by atomic mass is 16.6. The summed E-state index contributed by atoms with van der Waals surface area (Å²) in [6, 6.07) is 0. The minimum atomic E-state index is -0.624. The van der Waals surface area contributed by atoms with Crippen molar-refractivity contribution in [3.8, 4) is 0 Å². The van der Waals surface area contributed by atoms with Gasteiger partial charge in [0.25, 0.3) is 0 Å². The van der Waals surface area contributed by atoms with Crippen LogP contribution >= 0.6 is 0 Å². The standard InChI is InChI=1S/C14H24N2O4/c1-10-8-15(11(17)19-13(2,3)4)16(9-10)12(18)20-14(5,6)7/h1,8-9H2,2-7H3. The van der Waals surface area contributed by atoms with Crippen molar-refractivity contribution < 1.29 is 19.1 Å². The van der Waals surface area contributed by atoms with E-state index in [1.165, 1.54) is 10.0 Å². The molecule has 0 spiro atoms. The number of hydrogen-bond acceptors (Lipinski definition) is 4. The fraction of sp³-hybridized carbons (Fsp3) is 0.714. The van der Waals surface area contributed by atoms with E-state index in [2.05, 4.69) is 6.58 Å². The van der Waals surface area contributed by atoms with E-state index >= 15 is 0 Å². The summed E-state index contributed by atoms with van der Waals surface area (Å²) in [5.41, 5.74) is -0.497. The van der Waals surface area contributed by atoms with Gasteiger partial charge < -0.3 is 9.47 Å². The average Bonchev–Trinajstić information content (AvgIpc) is 2.55. The zero-order valence-corrected chi connectivity index (χ0v) is 13.1. The van der Waals surface area contributed by atoms with Crippen LogP contribution in [0.15, 0.2) is 12.2 Å². The molecule has 0 saturated carbocycles. The van der Waals surface area contributed by atoms with Crippen LogP contribution in [0.5, 0.6) is 0 Å². The van der Waals surface area contributed by atoms with Crippen molar-refractivity contribution in [1.29, 1.82) is 0 Å². The van der Waals surface area contributed by atoms with Crippen molar-refractivity contribution in [2.24, 2.45) is 0 Å². The lowest BCUT2D eigenvalue weighted by Gasteiger charge is -2.31. The molecule has 1 aliphatic rings. The Morgan fingerprint density at radius 1 is 0.900 bits per heavy atom. The summed E-state index contributed by atoms with van der Waals surface area (Å²) in [6.45, 7) is 15.0.